The number of rotatable bonds is 4. The second-order valence-electron chi connectivity index (χ2n) is 10.8. The third-order valence-corrected chi connectivity index (χ3v) is 8.26. The summed E-state index contributed by atoms with van der Waals surface area (Å²) < 4.78 is 76.7. The van der Waals surface area contributed by atoms with Crippen LogP contribution in [0.2, 0.25) is 0 Å². The quantitative estimate of drug-likeness (QED) is 0.200. The molecule has 2 heterocycles. The predicted molar refractivity (Wildman–Crippen MR) is 186 cm³/mol. The molecule has 2 aromatic heterocycles. The highest BCUT2D eigenvalue weighted by Gasteiger charge is 2.21. The van der Waals surface area contributed by atoms with E-state index in [4.69, 9.17) is 5.48 Å². The number of hydrogen-bond acceptors (Lipinski definition) is 0. The zero-order valence-electron chi connectivity index (χ0n) is 31.4. The van der Waals surface area contributed by atoms with Gasteiger partial charge in [0.2, 0.25) is 0 Å². The molecule has 206 valence electrons. The molecule has 2 nitrogen and oxygen atoms in total. The number of aromatic nitrogens is 2. The summed E-state index contributed by atoms with van der Waals surface area (Å²) in [7, 11) is 0. The Kier molecular flexibility index (Phi) is 4.02. The van der Waals surface area contributed by atoms with Crippen LogP contribution in [-0.4, -0.2) is 9.13 Å². The second-order valence-corrected chi connectivity index (χ2v) is 10.8. The first-order chi connectivity index (χ1) is 25.2. The Morgan fingerprint density at radius 3 is 1.57 bits per heavy atom. The zero-order valence-corrected chi connectivity index (χ0v) is 23.4. The highest BCUT2D eigenvalue weighted by Crippen LogP contribution is 2.42. The van der Waals surface area contributed by atoms with Gasteiger partial charge in [-0.15, -0.1) is 0 Å². The van der Waals surface area contributed by atoms with Gasteiger partial charge in [0.25, 0.3) is 0 Å². The van der Waals surface area contributed by atoms with Gasteiger partial charge in [0.05, 0.1) is 33.0 Å². The van der Waals surface area contributed by atoms with E-state index in [0.29, 0.717) is 33.3 Å². The molecule has 7 aromatic carbocycles. The summed E-state index contributed by atoms with van der Waals surface area (Å²) in [5.41, 5.74) is 6.23. The van der Waals surface area contributed by atoms with Crippen molar-refractivity contribution in [3.8, 4) is 33.6 Å². The number of benzene rings is 7. The standard InChI is InChI=1S/C42H28N2/c1-3-13-29(14-4-1)31-17-11-19-33(27-31)43-39-24-10-8-22-37(39)41-40(43)26-25-36-35-21-7-9-23-38(35)44(42(36)41)34-20-12-18-32(28-34)30-15-5-2-6-16-30/h1-28H/i7D,8D,21D,22D,23D,24D,25D,26D. The molecule has 0 saturated carbocycles. The normalized spacial score (nSPS) is 14.2. The molecule has 9 rings (SSSR count). The smallest absolute Gasteiger partial charge is 0.0645 e. The molecule has 0 unspecified atom stereocenters. The van der Waals surface area contributed by atoms with Crippen molar-refractivity contribution < 1.29 is 11.0 Å². The van der Waals surface area contributed by atoms with E-state index in [9.17, 15) is 5.48 Å². The Labute approximate surface area is 266 Å². The number of nitrogens with zero attached hydrogens (tertiary/aromatic N) is 2. The average Bonchev–Trinajstić information content (AvgIpc) is 3.72. The number of fused-ring (bicyclic) bond motifs is 7. The van der Waals surface area contributed by atoms with Gasteiger partial charge in [-0.3, -0.25) is 0 Å². The molecule has 0 aliphatic carbocycles. The average molecular weight is 569 g/mol. The molecule has 0 fully saturated rings. The van der Waals surface area contributed by atoms with Crippen molar-refractivity contribution in [2.24, 2.45) is 0 Å². The van der Waals surface area contributed by atoms with E-state index in [-0.39, 0.29) is 70.0 Å². The van der Waals surface area contributed by atoms with Crippen molar-refractivity contribution in [1.82, 2.24) is 9.13 Å². The van der Waals surface area contributed by atoms with Crippen LogP contribution < -0.4 is 0 Å². The summed E-state index contributed by atoms with van der Waals surface area (Å²) in [5, 5.41) is 1.05. The summed E-state index contributed by atoms with van der Waals surface area (Å²) >= 11 is 0. The first-order valence-corrected chi connectivity index (χ1v) is 14.5. The summed E-state index contributed by atoms with van der Waals surface area (Å²) in [6.07, 6.45) is 0. The first kappa shape index (κ1) is 17.9. The molecular formula is C42H28N2. The van der Waals surface area contributed by atoms with Crippen LogP contribution in [0.4, 0.5) is 0 Å². The Balaban J connectivity index is 1.54. The fraction of sp³-hybridized carbons (Fsp3) is 0. The van der Waals surface area contributed by atoms with E-state index in [1.807, 2.05) is 109 Å². The van der Waals surface area contributed by atoms with Gasteiger partial charge >= 0.3 is 0 Å². The van der Waals surface area contributed by atoms with Crippen LogP contribution in [0.25, 0.3) is 77.2 Å². The lowest BCUT2D eigenvalue weighted by Crippen LogP contribution is -1.96. The molecule has 0 saturated heterocycles. The Bertz CT molecular complexity index is 2930. The molecule has 0 amide bonds. The Hall–Kier alpha value is -5.86. The predicted octanol–water partition coefficient (Wildman–Crippen LogP) is 11.2. The van der Waals surface area contributed by atoms with E-state index in [1.54, 1.807) is 9.13 Å². The van der Waals surface area contributed by atoms with Crippen LogP contribution >= 0.6 is 0 Å². The van der Waals surface area contributed by atoms with Crippen molar-refractivity contribution in [2.75, 3.05) is 0 Å². The van der Waals surface area contributed by atoms with E-state index in [0.717, 1.165) is 22.3 Å². The van der Waals surface area contributed by atoms with Gasteiger partial charge < -0.3 is 9.13 Å². The van der Waals surface area contributed by atoms with E-state index >= 15 is 0 Å². The van der Waals surface area contributed by atoms with Crippen LogP contribution in [0.5, 0.6) is 0 Å². The van der Waals surface area contributed by atoms with Crippen molar-refractivity contribution in [3.63, 3.8) is 0 Å². The molecule has 0 bridgehead atoms. The molecule has 9 aromatic rings. The van der Waals surface area contributed by atoms with Crippen molar-refractivity contribution in [1.29, 1.82) is 0 Å². The molecule has 0 atom stereocenters. The SMILES string of the molecule is [2H]c1cc([2H])c2c(c1[2H])c1c(c([2H])c([2H])c3c4c([2H])c([2H])cc([2H])c4n(-c4cccc(-c5ccccc5)c4)c31)n2-c1cccc(-c2ccccc2)c1. The van der Waals surface area contributed by atoms with Crippen molar-refractivity contribution >= 4 is 43.6 Å². The maximum Gasteiger partial charge on any atom is 0.0645 e. The molecule has 0 N–H and O–H groups in total. The number of hydrogen-bond donors (Lipinski definition) is 0. The molecular weight excluding hydrogens is 532 g/mol. The minimum atomic E-state index is -0.198. The molecule has 0 radical (unpaired) electrons. The van der Waals surface area contributed by atoms with Crippen LogP contribution in [0.15, 0.2) is 170 Å². The lowest BCUT2D eigenvalue weighted by molar-refractivity contribution is 1.17. The zero-order chi connectivity index (χ0) is 36.0. The van der Waals surface area contributed by atoms with Gasteiger partial charge in [-0.05, 0) is 64.6 Å². The van der Waals surface area contributed by atoms with Gasteiger partial charge in [-0.1, -0.05) is 127 Å². The second kappa shape index (κ2) is 9.86. The van der Waals surface area contributed by atoms with E-state index < -0.39 is 0 Å². The Morgan fingerprint density at radius 2 is 0.932 bits per heavy atom. The van der Waals surface area contributed by atoms with E-state index in [1.165, 1.54) is 12.1 Å². The van der Waals surface area contributed by atoms with Crippen LogP contribution in [0.1, 0.15) is 11.0 Å². The first-order valence-electron chi connectivity index (χ1n) is 18.5. The van der Waals surface area contributed by atoms with Gasteiger partial charge in [0.1, 0.15) is 0 Å². The monoisotopic (exact) mass is 568 g/mol. The Morgan fingerprint density at radius 1 is 0.386 bits per heavy atom. The fourth-order valence-corrected chi connectivity index (χ4v) is 6.34. The van der Waals surface area contributed by atoms with Gasteiger partial charge in [-0.2, -0.15) is 0 Å². The fourth-order valence-electron chi connectivity index (χ4n) is 6.34. The van der Waals surface area contributed by atoms with Crippen LogP contribution in [-0.2, 0) is 0 Å². The summed E-state index contributed by atoms with van der Waals surface area (Å²) in [6.45, 7) is 0. The van der Waals surface area contributed by atoms with E-state index in [2.05, 4.69) is 0 Å². The van der Waals surface area contributed by atoms with Crippen LogP contribution in [0.3, 0.4) is 0 Å². The highest BCUT2D eigenvalue weighted by atomic mass is 15.0. The molecule has 0 spiro atoms. The topological polar surface area (TPSA) is 9.86 Å². The maximum atomic E-state index is 9.58. The van der Waals surface area contributed by atoms with Crippen molar-refractivity contribution in [3.05, 3.63) is 170 Å². The van der Waals surface area contributed by atoms with Gasteiger partial charge in [-0.25, -0.2) is 0 Å². The van der Waals surface area contributed by atoms with Gasteiger partial charge in [0.15, 0.2) is 0 Å². The maximum absolute atomic E-state index is 9.58. The minimum Gasteiger partial charge on any atom is -0.309 e. The number of para-hydroxylation sites is 2. The third kappa shape index (κ3) is 3.75. The summed E-state index contributed by atoms with van der Waals surface area (Å²) in [4.78, 5) is 0. The molecule has 2 heteroatoms. The van der Waals surface area contributed by atoms with Gasteiger partial charge in [0, 0.05) is 32.9 Å². The summed E-state index contributed by atoms with van der Waals surface area (Å²) in [5.74, 6) is 0. The lowest BCUT2D eigenvalue weighted by atomic mass is 10.0. The molecule has 0 aliphatic rings. The molecule has 44 heavy (non-hydrogen) atoms. The largest absolute Gasteiger partial charge is 0.309 e. The van der Waals surface area contributed by atoms with Crippen molar-refractivity contribution in [2.45, 2.75) is 0 Å². The lowest BCUT2D eigenvalue weighted by Gasteiger charge is -2.12. The molecule has 0 aliphatic heterocycles. The summed E-state index contributed by atoms with van der Waals surface area (Å²) in [6, 6.07) is 36.7. The third-order valence-electron chi connectivity index (χ3n) is 8.26. The minimum absolute atomic E-state index is 0.0130. The van der Waals surface area contributed by atoms with Crippen LogP contribution in [0, 0.1) is 0 Å². The highest BCUT2D eigenvalue weighted by molar-refractivity contribution is 6.26.